The third kappa shape index (κ3) is 5.79. The van der Waals surface area contributed by atoms with Gasteiger partial charge in [-0.3, -0.25) is 0 Å². The zero-order valence-corrected chi connectivity index (χ0v) is 15.2. The van der Waals surface area contributed by atoms with Crippen LogP contribution in [0.15, 0.2) is 24.3 Å². The van der Waals surface area contributed by atoms with E-state index in [2.05, 4.69) is 24.5 Å². The van der Waals surface area contributed by atoms with Crippen LogP contribution in [0.3, 0.4) is 0 Å². The van der Waals surface area contributed by atoms with Crippen molar-refractivity contribution in [3.63, 3.8) is 0 Å². The molecule has 140 valence electrons. The van der Waals surface area contributed by atoms with Crippen molar-refractivity contribution in [2.75, 3.05) is 18.5 Å². The van der Waals surface area contributed by atoms with Crippen LogP contribution in [-0.2, 0) is 4.74 Å². The summed E-state index contributed by atoms with van der Waals surface area (Å²) in [5.41, 5.74) is 0.750. The molecule has 1 heterocycles. The second kappa shape index (κ2) is 9.30. The van der Waals surface area contributed by atoms with Crippen LogP contribution in [0.25, 0.3) is 0 Å². The van der Waals surface area contributed by atoms with E-state index in [9.17, 15) is 10.2 Å². The molecule has 1 aromatic rings. The van der Waals surface area contributed by atoms with Crippen LogP contribution in [-0.4, -0.2) is 58.2 Å². The van der Waals surface area contributed by atoms with Crippen LogP contribution in [0.5, 0.6) is 5.75 Å². The minimum absolute atomic E-state index is 0.239. The number of hydrogen-bond acceptors (Lipinski definition) is 6. The number of hydrogen-bond donors (Lipinski definition) is 5. The molecular formula is C17H26N2O5S. The maximum atomic E-state index is 9.88. The van der Waals surface area contributed by atoms with Crippen molar-refractivity contribution < 1.29 is 24.8 Å². The molecule has 8 heteroatoms. The molecule has 0 saturated carbocycles. The molecule has 7 nitrogen and oxygen atoms in total. The highest BCUT2D eigenvalue weighted by molar-refractivity contribution is 7.80. The minimum Gasteiger partial charge on any atom is -0.494 e. The summed E-state index contributed by atoms with van der Waals surface area (Å²) in [5.74, 6) is 1.38. The van der Waals surface area contributed by atoms with E-state index in [-0.39, 0.29) is 11.7 Å². The summed E-state index contributed by atoms with van der Waals surface area (Å²) in [7, 11) is 0. The molecular weight excluding hydrogens is 344 g/mol. The molecule has 0 bridgehead atoms. The number of aliphatic hydroxyl groups excluding tert-OH is 3. The molecule has 2 unspecified atom stereocenters. The molecule has 1 aliphatic heterocycles. The topological polar surface area (TPSA) is 103 Å². The lowest BCUT2D eigenvalue weighted by Gasteiger charge is -2.19. The molecule has 0 aliphatic carbocycles. The zero-order valence-electron chi connectivity index (χ0n) is 14.4. The monoisotopic (exact) mass is 370 g/mol. The van der Waals surface area contributed by atoms with Gasteiger partial charge < -0.3 is 35.4 Å². The van der Waals surface area contributed by atoms with Gasteiger partial charge in [0, 0.05) is 5.69 Å². The van der Waals surface area contributed by atoms with E-state index in [1.54, 1.807) is 0 Å². The Bertz CT molecular complexity index is 554. The van der Waals surface area contributed by atoms with Gasteiger partial charge in [-0.25, -0.2) is 0 Å². The van der Waals surface area contributed by atoms with Crippen LogP contribution < -0.4 is 15.4 Å². The van der Waals surface area contributed by atoms with E-state index in [1.807, 2.05) is 24.3 Å². The fourth-order valence-corrected chi connectivity index (χ4v) is 2.60. The molecule has 5 N–H and O–H groups in total. The maximum Gasteiger partial charge on any atom is 0.172 e. The van der Waals surface area contributed by atoms with Gasteiger partial charge in [-0.2, -0.15) is 0 Å². The van der Waals surface area contributed by atoms with Gasteiger partial charge in [0.05, 0.1) is 13.2 Å². The highest BCUT2D eigenvalue weighted by Gasteiger charge is 2.42. The third-order valence-corrected chi connectivity index (χ3v) is 4.11. The van der Waals surface area contributed by atoms with Crippen LogP contribution >= 0.6 is 12.2 Å². The van der Waals surface area contributed by atoms with Gasteiger partial charge >= 0.3 is 0 Å². The summed E-state index contributed by atoms with van der Waals surface area (Å²) in [4.78, 5) is 0. The van der Waals surface area contributed by atoms with Crippen LogP contribution in [0.4, 0.5) is 5.69 Å². The van der Waals surface area contributed by atoms with E-state index < -0.39 is 24.5 Å². The summed E-state index contributed by atoms with van der Waals surface area (Å²) in [6, 6.07) is 7.35. The smallest absolute Gasteiger partial charge is 0.172 e. The first-order chi connectivity index (χ1) is 11.9. The van der Waals surface area contributed by atoms with Gasteiger partial charge in [-0.1, -0.05) is 13.8 Å². The lowest BCUT2D eigenvalue weighted by Crippen LogP contribution is -2.45. The number of nitrogens with one attached hydrogen (secondary N) is 2. The first kappa shape index (κ1) is 19.9. The summed E-state index contributed by atoms with van der Waals surface area (Å²) in [6.45, 7) is 4.60. The minimum atomic E-state index is -1.17. The van der Waals surface area contributed by atoms with Gasteiger partial charge in [-0.15, -0.1) is 0 Å². The van der Waals surface area contributed by atoms with Gasteiger partial charge in [0.15, 0.2) is 11.3 Å². The first-order valence-electron chi connectivity index (χ1n) is 8.33. The molecule has 2 rings (SSSR count). The van der Waals surface area contributed by atoms with E-state index in [4.69, 9.17) is 26.8 Å². The number of benzene rings is 1. The van der Waals surface area contributed by atoms with Crippen molar-refractivity contribution in [1.82, 2.24) is 5.32 Å². The van der Waals surface area contributed by atoms with Crippen molar-refractivity contribution in [3.8, 4) is 5.75 Å². The summed E-state index contributed by atoms with van der Waals surface area (Å²) in [6.07, 6.45) is -3.05. The summed E-state index contributed by atoms with van der Waals surface area (Å²) in [5, 5.41) is 34.7. The Balaban J connectivity index is 1.80. The molecule has 4 atom stereocenters. The second-order valence-electron chi connectivity index (χ2n) is 6.41. The Morgan fingerprint density at radius 2 is 1.92 bits per heavy atom. The Morgan fingerprint density at radius 1 is 1.24 bits per heavy atom. The second-order valence-corrected chi connectivity index (χ2v) is 6.82. The van der Waals surface area contributed by atoms with Gasteiger partial charge in [0.2, 0.25) is 0 Å². The third-order valence-electron chi connectivity index (χ3n) is 3.89. The van der Waals surface area contributed by atoms with Crippen molar-refractivity contribution in [3.05, 3.63) is 24.3 Å². The predicted molar refractivity (Wildman–Crippen MR) is 98.5 cm³/mol. The largest absolute Gasteiger partial charge is 0.494 e. The summed E-state index contributed by atoms with van der Waals surface area (Å²) < 4.78 is 11.0. The molecule has 0 amide bonds. The fourth-order valence-electron chi connectivity index (χ4n) is 2.36. The number of ether oxygens (including phenoxy) is 2. The van der Waals surface area contributed by atoms with E-state index in [0.717, 1.165) is 17.9 Å². The zero-order chi connectivity index (χ0) is 18.4. The van der Waals surface area contributed by atoms with Crippen molar-refractivity contribution >= 4 is 23.0 Å². The fraction of sp³-hybridized carbons (Fsp3) is 0.588. The SMILES string of the molecule is CC(C)CCOc1ccc(NC(=S)NC2OC(CO)[C@H](O)[C@H]2O)cc1. The lowest BCUT2D eigenvalue weighted by molar-refractivity contribution is -0.0260. The van der Waals surface area contributed by atoms with Gasteiger partial charge in [0.25, 0.3) is 0 Å². The average Bonchev–Trinajstić information content (AvgIpc) is 2.84. The van der Waals surface area contributed by atoms with Crippen LogP contribution in [0.2, 0.25) is 0 Å². The van der Waals surface area contributed by atoms with Crippen LogP contribution in [0.1, 0.15) is 20.3 Å². The Hall–Kier alpha value is -1.45. The number of anilines is 1. The van der Waals surface area contributed by atoms with E-state index in [0.29, 0.717) is 12.5 Å². The first-order valence-corrected chi connectivity index (χ1v) is 8.74. The standard InChI is InChI=1S/C17H26N2O5S/c1-10(2)7-8-23-12-5-3-11(4-6-12)18-17(25)19-16-15(22)14(21)13(9-20)24-16/h3-6,10,13-16,20-22H,7-9H2,1-2H3,(H2,18,19,25)/t13?,14-,15+,16?/m0/s1. The van der Waals surface area contributed by atoms with Gasteiger partial charge in [0.1, 0.15) is 24.1 Å². The number of thiocarbonyl (C=S) groups is 1. The van der Waals surface area contributed by atoms with E-state index in [1.165, 1.54) is 0 Å². The Kier molecular flexibility index (Phi) is 7.39. The highest BCUT2D eigenvalue weighted by Crippen LogP contribution is 2.20. The molecule has 1 saturated heterocycles. The van der Waals surface area contributed by atoms with E-state index >= 15 is 0 Å². The molecule has 0 spiro atoms. The normalized spacial score (nSPS) is 25.8. The van der Waals surface area contributed by atoms with Crippen LogP contribution in [0, 0.1) is 5.92 Å². The molecule has 0 aromatic heterocycles. The highest BCUT2D eigenvalue weighted by atomic mass is 32.1. The molecule has 25 heavy (non-hydrogen) atoms. The molecule has 1 aromatic carbocycles. The average molecular weight is 370 g/mol. The van der Waals surface area contributed by atoms with Gasteiger partial charge in [-0.05, 0) is 48.8 Å². The number of rotatable bonds is 7. The Labute approximate surface area is 153 Å². The molecule has 1 aliphatic rings. The molecule has 0 radical (unpaired) electrons. The van der Waals surface area contributed by atoms with Crippen molar-refractivity contribution in [1.29, 1.82) is 0 Å². The predicted octanol–water partition coefficient (Wildman–Crippen LogP) is 0.837. The van der Waals surface area contributed by atoms with Crippen molar-refractivity contribution in [2.24, 2.45) is 5.92 Å². The summed E-state index contributed by atoms with van der Waals surface area (Å²) >= 11 is 5.18. The lowest BCUT2D eigenvalue weighted by atomic mass is 10.1. The maximum absolute atomic E-state index is 9.88. The quantitative estimate of drug-likeness (QED) is 0.450. The molecule has 1 fully saturated rings. The van der Waals surface area contributed by atoms with Crippen molar-refractivity contribution in [2.45, 2.75) is 44.8 Å². The number of aliphatic hydroxyl groups is 3. The Morgan fingerprint density at radius 3 is 2.48 bits per heavy atom.